The molecule has 2 aromatic carbocycles. The number of thioether (sulfide) groups is 1. The van der Waals surface area contributed by atoms with Gasteiger partial charge in [-0.3, -0.25) is 4.79 Å². The molecular formula is C26H34N4OS. The molecule has 0 fully saturated rings. The van der Waals surface area contributed by atoms with E-state index < -0.39 is 0 Å². The molecule has 170 valence electrons. The number of hydrogen-bond donors (Lipinski definition) is 1. The predicted molar refractivity (Wildman–Crippen MR) is 132 cm³/mol. The van der Waals surface area contributed by atoms with Gasteiger partial charge in [-0.25, -0.2) is 0 Å². The molecule has 6 heteroatoms. The van der Waals surface area contributed by atoms with E-state index in [0.717, 1.165) is 41.5 Å². The summed E-state index contributed by atoms with van der Waals surface area (Å²) in [5.74, 6) is 1.32. The molecule has 0 aliphatic heterocycles. The highest BCUT2D eigenvalue weighted by Gasteiger charge is 2.18. The maximum atomic E-state index is 12.9. The number of nitrogens with one attached hydrogen (secondary N) is 1. The van der Waals surface area contributed by atoms with Crippen LogP contribution < -0.4 is 5.32 Å². The lowest BCUT2D eigenvalue weighted by Crippen LogP contribution is -2.30. The van der Waals surface area contributed by atoms with Gasteiger partial charge in [0.2, 0.25) is 5.91 Å². The fraction of sp³-hybridized carbons (Fsp3) is 0.423. The molecule has 1 amide bonds. The van der Waals surface area contributed by atoms with Gasteiger partial charge in [0, 0.05) is 13.0 Å². The number of hydrogen-bond acceptors (Lipinski definition) is 4. The Balaban J connectivity index is 1.59. The molecule has 1 N–H and O–H groups in total. The van der Waals surface area contributed by atoms with Crippen LogP contribution in [0.1, 0.15) is 68.9 Å². The Kier molecular flexibility index (Phi) is 9.82. The SMILES string of the molecule is CCCCCCCc1nnc(SCC(=O)NC(c2ccccc2)c2ccccc2)n1CC. The molecule has 1 heterocycles. The molecule has 3 aromatic rings. The van der Waals surface area contributed by atoms with Crippen molar-refractivity contribution in [2.24, 2.45) is 0 Å². The average Bonchev–Trinajstić information content (AvgIpc) is 3.24. The van der Waals surface area contributed by atoms with Crippen LogP contribution in [0.15, 0.2) is 65.8 Å². The first-order chi connectivity index (χ1) is 15.7. The van der Waals surface area contributed by atoms with Gasteiger partial charge in [0.1, 0.15) is 5.82 Å². The van der Waals surface area contributed by atoms with Crippen molar-refractivity contribution in [3.05, 3.63) is 77.6 Å². The van der Waals surface area contributed by atoms with Crippen LogP contribution in [0.4, 0.5) is 0 Å². The lowest BCUT2D eigenvalue weighted by atomic mass is 9.99. The standard InChI is InChI=1S/C26H34N4OS/c1-3-5-6-7-14-19-23-28-29-26(30(23)4-2)32-20-24(31)27-25(21-15-10-8-11-16-21)22-17-12-9-13-18-22/h8-13,15-18,25H,3-7,14,19-20H2,1-2H3,(H,27,31). The first kappa shape index (κ1) is 24.1. The smallest absolute Gasteiger partial charge is 0.231 e. The van der Waals surface area contributed by atoms with E-state index in [9.17, 15) is 4.79 Å². The van der Waals surface area contributed by atoms with Crippen molar-refractivity contribution < 1.29 is 4.79 Å². The summed E-state index contributed by atoms with van der Waals surface area (Å²) in [5.41, 5.74) is 2.14. The summed E-state index contributed by atoms with van der Waals surface area (Å²) in [6.45, 7) is 5.15. The number of carbonyl (C=O) groups excluding carboxylic acids is 1. The Morgan fingerprint density at radius 3 is 2.12 bits per heavy atom. The lowest BCUT2D eigenvalue weighted by molar-refractivity contribution is -0.119. The quantitative estimate of drug-likeness (QED) is 0.264. The van der Waals surface area contributed by atoms with Gasteiger partial charge < -0.3 is 9.88 Å². The molecule has 0 aliphatic carbocycles. The minimum atomic E-state index is -0.173. The summed E-state index contributed by atoms with van der Waals surface area (Å²) < 4.78 is 2.14. The van der Waals surface area contributed by atoms with Crippen LogP contribution in [-0.4, -0.2) is 26.4 Å². The molecule has 0 radical (unpaired) electrons. The van der Waals surface area contributed by atoms with E-state index in [1.807, 2.05) is 60.7 Å². The molecule has 1 aromatic heterocycles. The van der Waals surface area contributed by atoms with Crippen molar-refractivity contribution >= 4 is 17.7 Å². The maximum Gasteiger partial charge on any atom is 0.231 e. The first-order valence-electron chi connectivity index (χ1n) is 11.7. The zero-order valence-corrected chi connectivity index (χ0v) is 20.0. The molecule has 0 saturated heterocycles. The number of nitrogens with zero attached hydrogens (tertiary/aromatic N) is 3. The number of rotatable bonds is 13. The van der Waals surface area contributed by atoms with Gasteiger partial charge in [0.15, 0.2) is 5.16 Å². The van der Waals surface area contributed by atoms with Crippen molar-refractivity contribution in [1.29, 1.82) is 0 Å². The minimum Gasteiger partial charge on any atom is -0.344 e. The van der Waals surface area contributed by atoms with E-state index >= 15 is 0 Å². The first-order valence-corrected chi connectivity index (χ1v) is 12.7. The van der Waals surface area contributed by atoms with Crippen LogP contribution >= 0.6 is 11.8 Å². The normalized spacial score (nSPS) is 11.1. The van der Waals surface area contributed by atoms with Crippen molar-refractivity contribution in [3.8, 4) is 0 Å². The molecule has 0 aliphatic rings. The molecular weight excluding hydrogens is 416 g/mol. The third kappa shape index (κ3) is 6.95. The Morgan fingerprint density at radius 2 is 1.53 bits per heavy atom. The van der Waals surface area contributed by atoms with Gasteiger partial charge in [0.25, 0.3) is 0 Å². The van der Waals surface area contributed by atoms with Crippen LogP contribution in [0, 0.1) is 0 Å². The van der Waals surface area contributed by atoms with E-state index in [0.29, 0.717) is 5.75 Å². The number of aryl methyl sites for hydroxylation is 1. The second-order valence-corrected chi connectivity index (χ2v) is 8.86. The van der Waals surface area contributed by atoms with E-state index in [4.69, 9.17) is 0 Å². The van der Waals surface area contributed by atoms with Crippen molar-refractivity contribution in [1.82, 2.24) is 20.1 Å². The summed E-state index contributed by atoms with van der Waals surface area (Å²) >= 11 is 1.46. The number of benzene rings is 2. The Bertz CT molecular complexity index is 903. The molecule has 0 bridgehead atoms. The molecule has 0 atom stereocenters. The van der Waals surface area contributed by atoms with Crippen LogP contribution in [0.2, 0.25) is 0 Å². The van der Waals surface area contributed by atoms with Crippen LogP contribution in [0.5, 0.6) is 0 Å². The van der Waals surface area contributed by atoms with Gasteiger partial charge >= 0.3 is 0 Å². The third-order valence-electron chi connectivity index (χ3n) is 5.52. The zero-order chi connectivity index (χ0) is 22.6. The summed E-state index contributed by atoms with van der Waals surface area (Å²) in [5, 5.41) is 12.8. The predicted octanol–water partition coefficient (Wildman–Crippen LogP) is 5.81. The topological polar surface area (TPSA) is 59.8 Å². The van der Waals surface area contributed by atoms with Gasteiger partial charge in [-0.15, -0.1) is 10.2 Å². The fourth-order valence-corrected chi connectivity index (χ4v) is 4.63. The number of unbranched alkanes of at least 4 members (excludes halogenated alkanes) is 4. The molecule has 0 unspecified atom stereocenters. The molecule has 5 nitrogen and oxygen atoms in total. The Hall–Kier alpha value is -2.60. The van der Waals surface area contributed by atoms with E-state index in [1.165, 1.54) is 37.4 Å². The molecule has 0 saturated carbocycles. The molecule has 3 rings (SSSR count). The second kappa shape index (κ2) is 13.1. The summed E-state index contributed by atoms with van der Waals surface area (Å²) in [6.07, 6.45) is 7.14. The van der Waals surface area contributed by atoms with Crippen LogP contribution in [0.25, 0.3) is 0 Å². The maximum absolute atomic E-state index is 12.9. The van der Waals surface area contributed by atoms with E-state index in [-0.39, 0.29) is 11.9 Å². The third-order valence-corrected chi connectivity index (χ3v) is 6.48. The van der Waals surface area contributed by atoms with E-state index in [1.54, 1.807) is 0 Å². The van der Waals surface area contributed by atoms with Gasteiger partial charge in [-0.2, -0.15) is 0 Å². The summed E-state index contributed by atoms with van der Waals surface area (Å²) in [4.78, 5) is 12.9. The minimum absolute atomic E-state index is 0.0144. The molecule has 32 heavy (non-hydrogen) atoms. The largest absolute Gasteiger partial charge is 0.344 e. The fourth-order valence-electron chi connectivity index (χ4n) is 3.80. The zero-order valence-electron chi connectivity index (χ0n) is 19.2. The van der Waals surface area contributed by atoms with Crippen molar-refractivity contribution in [2.45, 2.75) is 70.1 Å². The summed E-state index contributed by atoms with van der Waals surface area (Å²) in [7, 11) is 0. The van der Waals surface area contributed by atoms with Gasteiger partial charge in [-0.05, 0) is 24.5 Å². The number of carbonyl (C=O) groups is 1. The number of aromatic nitrogens is 3. The Labute approximate surface area is 196 Å². The van der Waals surface area contributed by atoms with Crippen LogP contribution in [-0.2, 0) is 17.8 Å². The van der Waals surface area contributed by atoms with Crippen LogP contribution in [0.3, 0.4) is 0 Å². The van der Waals surface area contributed by atoms with Crippen molar-refractivity contribution in [2.75, 3.05) is 5.75 Å². The highest BCUT2D eigenvalue weighted by molar-refractivity contribution is 7.99. The summed E-state index contributed by atoms with van der Waals surface area (Å²) in [6, 6.07) is 20.0. The highest BCUT2D eigenvalue weighted by atomic mass is 32.2. The average molecular weight is 451 g/mol. The van der Waals surface area contributed by atoms with E-state index in [2.05, 4.69) is 33.9 Å². The van der Waals surface area contributed by atoms with Gasteiger partial charge in [0.05, 0.1) is 11.8 Å². The van der Waals surface area contributed by atoms with Gasteiger partial charge in [-0.1, -0.05) is 105 Å². The highest BCUT2D eigenvalue weighted by Crippen LogP contribution is 2.23. The Morgan fingerprint density at radius 1 is 0.906 bits per heavy atom. The lowest BCUT2D eigenvalue weighted by Gasteiger charge is -2.20. The van der Waals surface area contributed by atoms with Crippen molar-refractivity contribution in [3.63, 3.8) is 0 Å². The second-order valence-electron chi connectivity index (χ2n) is 7.92. The monoisotopic (exact) mass is 450 g/mol. The number of amides is 1. The molecule has 0 spiro atoms.